The first kappa shape index (κ1) is 14.3. The lowest BCUT2D eigenvalue weighted by Gasteiger charge is -2.11. The van der Waals surface area contributed by atoms with Crippen LogP contribution in [0.3, 0.4) is 0 Å². The highest BCUT2D eigenvalue weighted by atomic mass is 35.5. The number of benzene rings is 1. The van der Waals surface area contributed by atoms with Crippen molar-refractivity contribution >= 4 is 17.6 Å². The summed E-state index contributed by atoms with van der Waals surface area (Å²) in [4.78, 5) is 15.5. The number of halogens is 1. The molecule has 0 radical (unpaired) electrons. The van der Waals surface area contributed by atoms with Crippen molar-refractivity contribution in [3.05, 3.63) is 57.7 Å². The molecule has 0 atom stereocenters. The molecule has 1 aromatic heterocycles. The Morgan fingerprint density at radius 3 is 2.75 bits per heavy atom. The Labute approximate surface area is 122 Å². The van der Waals surface area contributed by atoms with Crippen LogP contribution in [0.4, 0.5) is 0 Å². The van der Waals surface area contributed by atoms with Gasteiger partial charge in [0, 0.05) is 21.8 Å². The van der Waals surface area contributed by atoms with Crippen molar-refractivity contribution in [3.63, 3.8) is 0 Å². The Morgan fingerprint density at radius 2 is 2.05 bits per heavy atom. The fourth-order valence-corrected chi connectivity index (χ4v) is 2.02. The van der Waals surface area contributed by atoms with Gasteiger partial charge in [-0.25, -0.2) is 9.78 Å². The third kappa shape index (κ3) is 3.08. The fraction of sp³-hybridized carbons (Fsp3) is 0.200. The van der Waals surface area contributed by atoms with Crippen LogP contribution in [0.25, 0.3) is 0 Å². The topological polar surface area (TPSA) is 59.4 Å². The first-order valence-electron chi connectivity index (χ1n) is 6.06. The van der Waals surface area contributed by atoms with E-state index in [1.165, 1.54) is 6.07 Å². The first-order chi connectivity index (χ1) is 9.49. The molecule has 0 aliphatic rings. The number of aromatic nitrogens is 1. The summed E-state index contributed by atoms with van der Waals surface area (Å²) in [6, 6.07) is 8.54. The number of carboxylic acids is 1. The number of hydrogen-bond donors (Lipinski definition) is 1. The maximum absolute atomic E-state index is 11.2. The molecular formula is C15H14ClNO3. The predicted octanol–water partition coefficient (Wildman–Crippen LogP) is 3.63. The van der Waals surface area contributed by atoms with Crippen molar-refractivity contribution in [1.82, 2.24) is 4.98 Å². The predicted molar refractivity (Wildman–Crippen MR) is 76.5 cm³/mol. The molecule has 2 aromatic rings. The van der Waals surface area contributed by atoms with Crippen molar-refractivity contribution < 1.29 is 14.6 Å². The molecule has 0 spiro atoms. The molecule has 1 heterocycles. The highest BCUT2D eigenvalue weighted by Crippen LogP contribution is 2.23. The summed E-state index contributed by atoms with van der Waals surface area (Å²) in [5.41, 5.74) is 2.31. The molecule has 0 amide bonds. The van der Waals surface area contributed by atoms with Crippen LogP contribution in [0.1, 0.15) is 27.2 Å². The second kappa shape index (κ2) is 5.92. The summed E-state index contributed by atoms with van der Waals surface area (Å²) < 4.78 is 5.62. The molecule has 5 heteroatoms. The van der Waals surface area contributed by atoms with E-state index in [2.05, 4.69) is 4.98 Å². The summed E-state index contributed by atoms with van der Waals surface area (Å²) in [5.74, 6) is -0.540. The molecule has 4 nitrogen and oxygen atoms in total. The SMILES string of the molecule is Cc1ccc(C)c(OCc2c(Cl)cccc2C(=O)O)n1. The zero-order chi connectivity index (χ0) is 14.7. The van der Waals surface area contributed by atoms with Gasteiger partial charge < -0.3 is 9.84 Å². The van der Waals surface area contributed by atoms with E-state index in [1.54, 1.807) is 12.1 Å². The van der Waals surface area contributed by atoms with E-state index < -0.39 is 5.97 Å². The standard InChI is InChI=1S/C15H14ClNO3/c1-9-6-7-10(2)17-14(9)20-8-12-11(15(18)19)4-3-5-13(12)16/h3-7H,8H2,1-2H3,(H,18,19). The van der Waals surface area contributed by atoms with Crippen molar-refractivity contribution in [1.29, 1.82) is 0 Å². The molecule has 0 aliphatic carbocycles. The van der Waals surface area contributed by atoms with Gasteiger partial charge in [0.1, 0.15) is 6.61 Å². The molecule has 0 unspecified atom stereocenters. The molecule has 0 bridgehead atoms. The molecule has 20 heavy (non-hydrogen) atoms. The average Bonchev–Trinajstić information content (AvgIpc) is 2.40. The second-order valence-corrected chi connectivity index (χ2v) is 4.84. The zero-order valence-corrected chi connectivity index (χ0v) is 11.9. The molecule has 1 N–H and O–H groups in total. The molecule has 0 fully saturated rings. The van der Waals surface area contributed by atoms with Crippen LogP contribution in [0.5, 0.6) is 5.88 Å². The second-order valence-electron chi connectivity index (χ2n) is 4.43. The van der Waals surface area contributed by atoms with Crippen LogP contribution < -0.4 is 4.74 Å². The fourth-order valence-electron chi connectivity index (χ4n) is 1.79. The van der Waals surface area contributed by atoms with Gasteiger partial charge in [-0.2, -0.15) is 0 Å². The number of carbonyl (C=O) groups is 1. The van der Waals surface area contributed by atoms with E-state index in [4.69, 9.17) is 21.4 Å². The molecule has 0 saturated carbocycles. The molecule has 1 aromatic carbocycles. The summed E-state index contributed by atoms with van der Waals surface area (Å²) >= 11 is 6.05. The quantitative estimate of drug-likeness (QED) is 0.934. The van der Waals surface area contributed by atoms with Gasteiger partial charge in [-0.1, -0.05) is 23.7 Å². The molecule has 104 valence electrons. The van der Waals surface area contributed by atoms with E-state index in [0.717, 1.165) is 11.3 Å². The highest BCUT2D eigenvalue weighted by Gasteiger charge is 2.14. The summed E-state index contributed by atoms with van der Waals surface area (Å²) in [7, 11) is 0. The van der Waals surface area contributed by atoms with Crippen molar-refractivity contribution in [2.75, 3.05) is 0 Å². The first-order valence-corrected chi connectivity index (χ1v) is 6.44. The number of aromatic carboxylic acids is 1. The smallest absolute Gasteiger partial charge is 0.336 e. The highest BCUT2D eigenvalue weighted by molar-refractivity contribution is 6.31. The molecule has 0 aliphatic heterocycles. The lowest BCUT2D eigenvalue weighted by atomic mass is 10.1. The van der Waals surface area contributed by atoms with Crippen LogP contribution in [0, 0.1) is 13.8 Å². The Balaban J connectivity index is 2.27. The number of rotatable bonds is 4. The minimum absolute atomic E-state index is 0.0681. The lowest BCUT2D eigenvalue weighted by Crippen LogP contribution is -2.07. The van der Waals surface area contributed by atoms with Crippen molar-refractivity contribution in [2.45, 2.75) is 20.5 Å². The normalized spacial score (nSPS) is 10.3. The summed E-state index contributed by atoms with van der Waals surface area (Å²) in [6.07, 6.45) is 0. The number of hydrogen-bond acceptors (Lipinski definition) is 3. The molecule has 0 saturated heterocycles. The van der Waals surface area contributed by atoms with Crippen molar-refractivity contribution in [3.8, 4) is 5.88 Å². The van der Waals surface area contributed by atoms with Crippen molar-refractivity contribution in [2.24, 2.45) is 0 Å². The molecule has 2 rings (SSSR count). The van der Waals surface area contributed by atoms with Gasteiger partial charge in [0.05, 0.1) is 5.56 Å². The van der Waals surface area contributed by atoms with Crippen LogP contribution >= 0.6 is 11.6 Å². The van der Waals surface area contributed by atoms with Gasteiger partial charge in [0.2, 0.25) is 5.88 Å². The average molecular weight is 292 g/mol. The van der Waals surface area contributed by atoms with E-state index in [9.17, 15) is 4.79 Å². The van der Waals surface area contributed by atoms with E-state index in [1.807, 2.05) is 26.0 Å². The lowest BCUT2D eigenvalue weighted by molar-refractivity contribution is 0.0694. The van der Waals surface area contributed by atoms with Gasteiger partial charge in [-0.15, -0.1) is 0 Å². The number of carboxylic acid groups (broad SMARTS) is 1. The van der Waals surface area contributed by atoms with Gasteiger partial charge in [0.15, 0.2) is 0 Å². The Bertz CT molecular complexity index is 656. The third-order valence-electron chi connectivity index (χ3n) is 2.89. The summed E-state index contributed by atoms with van der Waals surface area (Å²) in [6.45, 7) is 3.82. The van der Waals surface area contributed by atoms with Gasteiger partial charge in [-0.05, 0) is 32.0 Å². The number of ether oxygens (including phenoxy) is 1. The maximum Gasteiger partial charge on any atom is 0.336 e. The van der Waals surface area contributed by atoms with Gasteiger partial charge in [0.25, 0.3) is 0 Å². The minimum atomic E-state index is -1.03. The minimum Gasteiger partial charge on any atom is -0.478 e. The largest absolute Gasteiger partial charge is 0.478 e. The molecular weight excluding hydrogens is 278 g/mol. The van der Waals surface area contributed by atoms with Crippen LogP contribution in [0.2, 0.25) is 5.02 Å². The third-order valence-corrected chi connectivity index (χ3v) is 3.25. The van der Waals surface area contributed by atoms with Crippen LogP contribution in [-0.4, -0.2) is 16.1 Å². The van der Waals surface area contributed by atoms with Gasteiger partial charge in [-0.3, -0.25) is 0 Å². The van der Waals surface area contributed by atoms with Gasteiger partial charge >= 0.3 is 5.97 Å². The monoisotopic (exact) mass is 291 g/mol. The van der Waals surface area contributed by atoms with Crippen LogP contribution in [0.15, 0.2) is 30.3 Å². The Kier molecular flexibility index (Phi) is 4.25. The maximum atomic E-state index is 11.2. The number of aryl methyl sites for hydroxylation is 2. The summed E-state index contributed by atoms with van der Waals surface area (Å²) in [5, 5.41) is 9.53. The van der Waals surface area contributed by atoms with E-state index in [0.29, 0.717) is 16.5 Å². The Hall–Kier alpha value is -2.07. The van der Waals surface area contributed by atoms with E-state index in [-0.39, 0.29) is 12.2 Å². The number of pyridine rings is 1. The zero-order valence-electron chi connectivity index (χ0n) is 11.2. The van der Waals surface area contributed by atoms with E-state index >= 15 is 0 Å². The Morgan fingerprint density at radius 1 is 1.30 bits per heavy atom. The van der Waals surface area contributed by atoms with Crippen LogP contribution in [-0.2, 0) is 6.61 Å². The number of nitrogens with zero attached hydrogens (tertiary/aromatic N) is 1.